The summed E-state index contributed by atoms with van der Waals surface area (Å²) in [7, 11) is 1.77. The average Bonchev–Trinajstić information content (AvgIpc) is 3.14. The van der Waals surface area contributed by atoms with Crippen molar-refractivity contribution in [1.29, 1.82) is 0 Å². The van der Waals surface area contributed by atoms with Gasteiger partial charge in [-0.1, -0.05) is 18.2 Å². The molecule has 1 aliphatic heterocycles. The number of nitrogens with zero attached hydrogens (tertiary/aromatic N) is 4. The Morgan fingerprint density at radius 2 is 1.94 bits per heavy atom. The molecule has 2 heterocycles. The standard InChI is InChI=1S/C23H26N4O6/c1-24(16-17-5-2-3-6-19(17)25-11-13-32-14-12-25)22(28)7-4-10-26-20-9-8-18(27(30)31)15-21(20)33-23(26)29/h2-3,5-6,8-9,15H,4,7,10-14,16H2,1H3. The molecule has 4 rings (SSSR count). The number of fused-ring (bicyclic) bond motifs is 1. The van der Waals surface area contributed by atoms with Gasteiger partial charge in [0.25, 0.3) is 5.69 Å². The van der Waals surface area contributed by atoms with Crippen LogP contribution in [0.3, 0.4) is 0 Å². The van der Waals surface area contributed by atoms with Crippen LogP contribution >= 0.6 is 0 Å². The maximum atomic E-state index is 12.7. The number of ether oxygens (including phenoxy) is 1. The molecule has 3 aromatic rings. The van der Waals surface area contributed by atoms with Gasteiger partial charge in [0.1, 0.15) is 0 Å². The fourth-order valence-electron chi connectivity index (χ4n) is 4.06. The van der Waals surface area contributed by atoms with Crippen molar-refractivity contribution in [2.24, 2.45) is 0 Å². The van der Waals surface area contributed by atoms with E-state index in [4.69, 9.17) is 9.15 Å². The van der Waals surface area contributed by atoms with Crippen LogP contribution < -0.4 is 10.7 Å². The summed E-state index contributed by atoms with van der Waals surface area (Å²) >= 11 is 0. The van der Waals surface area contributed by atoms with Crippen LogP contribution in [-0.4, -0.2) is 53.6 Å². The van der Waals surface area contributed by atoms with E-state index in [9.17, 15) is 19.7 Å². The molecule has 0 spiro atoms. The molecule has 1 aliphatic rings. The minimum Gasteiger partial charge on any atom is -0.407 e. The van der Waals surface area contributed by atoms with Gasteiger partial charge < -0.3 is 19.0 Å². The van der Waals surface area contributed by atoms with Gasteiger partial charge in [0.05, 0.1) is 29.7 Å². The Labute approximate surface area is 190 Å². The number of hydrogen-bond donors (Lipinski definition) is 0. The summed E-state index contributed by atoms with van der Waals surface area (Å²) in [5.74, 6) is -0.617. The van der Waals surface area contributed by atoms with Crippen LogP contribution in [0.15, 0.2) is 51.7 Å². The Balaban J connectivity index is 1.37. The highest BCUT2D eigenvalue weighted by molar-refractivity contribution is 5.77. The molecular formula is C23H26N4O6. The van der Waals surface area contributed by atoms with Crippen LogP contribution in [0.5, 0.6) is 0 Å². The summed E-state index contributed by atoms with van der Waals surface area (Å²) in [6.45, 7) is 3.81. The van der Waals surface area contributed by atoms with Crippen molar-refractivity contribution in [3.63, 3.8) is 0 Å². The third-order valence-electron chi connectivity index (χ3n) is 5.81. The topological polar surface area (TPSA) is 111 Å². The predicted octanol–water partition coefficient (Wildman–Crippen LogP) is 2.78. The molecule has 33 heavy (non-hydrogen) atoms. The highest BCUT2D eigenvalue weighted by atomic mass is 16.6. The van der Waals surface area contributed by atoms with Crippen molar-refractivity contribution in [1.82, 2.24) is 9.47 Å². The molecule has 1 aromatic heterocycles. The Kier molecular flexibility index (Phi) is 6.74. The van der Waals surface area contributed by atoms with Crippen LogP contribution in [-0.2, 0) is 22.6 Å². The number of rotatable bonds is 8. The van der Waals surface area contributed by atoms with Gasteiger partial charge in [-0.2, -0.15) is 0 Å². The lowest BCUT2D eigenvalue weighted by atomic mass is 10.1. The van der Waals surface area contributed by atoms with Gasteiger partial charge in [-0.05, 0) is 24.1 Å². The predicted molar refractivity (Wildman–Crippen MR) is 122 cm³/mol. The zero-order valence-corrected chi connectivity index (χ0v) is 18.4. The number of nitro groups is 1. The first-order chi connectivity index (χ1) is 15.9. The number of aromatic nitrogens is 1. The quantitative estimate of drug-likeness (QED) is 0.380. The van der Waals surface area contributed by atoms with E-state index in [2.05, 4.69) is 11.0 Å². The molecule has 0 unspecified atom stereocenters. The molecule has 0 aliphatic carbocycles. The van der Waals surface area contributed by atoms with E-state index in [0.717, 1.165) is 24.3 Å². The number of aryl methyl sites for hydroxylation is 1. The lowest BCUT2D eigenvalue weighted by Crippen LogP contribution is -2.37. The first-order valence-corrected chi connectivity index (χ1v) is 10.9. The van der Waals surface area contributed by atoms with E-state index >= 15 is 0 Å². The van der Waals surface area contributed by atoms with E-state index in [1.54, 1.807) is 11.9 Å². The number of hydrogen-bond acceptors (Lipinski definition) is 7. The number of para-hydroxylation sites is 1. The van der Waals surface area contributed by atoms with Crippen LogP contribution in [0.1, 0.15) is 18.4 Å². The lowest BCUT2D eigenvalue weighted by Gasteiger charge is -2.31. The monoisotopic (exact) mass is 454 g/mol. The van der Waals surface area contributed by atoms with Crippen LogP contribution in [0.2, 0.25) is 0 Å². The van der Waals surface area contributed by atoms with Crippen molar-refractivity contribution in [3.8, 4) is 0 Å². The summed E-state index contributed by atoms with van der Waals surface area (Å²) in [6.07, 6.45) is 0.710. The lowest BCUT2D eigenvalue weighted by molar-refractivity contribution is -0.384. The third kappa shape index (κ3) is 5.06. The van der Waals surface area contributed by atoms with Gasteiger partial charge in [-0.3, -0.25) is 19.5 Å². The van der Waals surface area contributed by atoms with Crippen molar-refractivity contribution in [2.75, 3.05) is 38.3 Å². The van der Waals surface area contributed by atoms with Gasteiger partial charge in [-0.15, -0.1) is 0 Å². The van der Waals surface area contributed by atoms with E-state index in [1.165, 1.54) is 22.8 Å². The second-order valence-electron chi connectivity index (χ2n) is 8.01. The number of nitro benzene ring substituents is 1. The summed E-state index contributed by atoms with van der Waals surface area (Å²) in [5, 5.41) is 10.9. The Hall–Kier alpha value is -3.66. The molecule has 1 amide bonds. The minimum atomic E-state index is -0.592. The van der Waals surface area contributed by atoms with Gasteiger partial charge in [-0.25, -0.2) is 4.79 Å². The van der Waals surface area contributed by atoms with Crippen LogP contribution in [0, 0.1) is 10.1 Å². The van der Waals surface area contributed by atoms with Gasteiger partial charge in [0.2, 0.25) is 5.91 Å². The molecule has 0 radical (unpaired) electrons. The molecule has 1 fully saturated rings. The van der Waals surface area contributed by atoms with Crippen molar-refractivity contribution >= 4 is 28.4 Å². The minimum absolute atomic E-state index is 0.0248. The van der Waals surface area contributed by atoms with Gasteiger partial charge in [0, 0.05) is 51.4 Å². The summed E-state index contributed by atoms with van der Waals surface area (Å²) in [4.78, 5) is 39.3. The number of carbonyl (C=O) groups is 1. The van der Waals surface area contributed by atoms with E-state index < -0.39 is 10.7 Å². The fourth-order valence-corrected chi connectivity index (χ4v) is 4.06. The van der Waals surface area contributed by atoms with Crippen molar-refractivity contribution in [3.05, 3.63) is 68.7 Å². The van der Waals surface area contributed by atoms with Crippen molar-refractivity contribution < 1.29 is 18.9 Å². The van der Waals surface area contributed by atoms with E-state index in [-0.39, 0.29) is 30.1 Å². The molecule has 10 nitrogen and oxygen atoms in total. The maximum absolute atomic E-state index is 12.7. The number of benzene rings is 2. The average molecular weight is 454 g/mol. The Bertz CT molecular complexity index is 1210. The first kappa shape index (κ1) is 22.5. The maximum Gasteiger partial charge on any atom is 0.419 e. The highest BCUT2D eigenvalue weighted by Crippen LogP contribution is 2.23. The smallest absolute Gasteiger partial charge is 0.407 e. The normalized spacial score (nSPS) is 13.9. The fraction of sp³-hybridized carbons (Fsp3) is 0.391. The summed E-state index contributed by atoms with van der Waals surface area (Å²) in [6, 6.07) is 12.1. The summed E-state index contributed by atoms with van der Waals surface area (Å²) < 4.78 is 12.0. The van der Waals surface area contributed by atoms with Gasteiger partial charge >= 0.3 is 5.76 Å². The molecule has 10 heteroatoms. The number of carbonyl (C=O) groups excluding carboxylic acids is 1. The second-order valence-corrected chi connectivity index (χ2v) is 8.01. The number of oxazole rings is 1. The van der Waals surface area contributed by atoms with E-state index in [1.807, 2.05) is 18.2 Å². The second kappa shape index (κ2) is 9.86. The number of non-ortho nitro benzene ring substituents is 1. The largest absolute Gasteiger partial charge is 0.419 e. The molecule has 1 saturated heterocycles. The van der Waals surface area contributed by atoms with Gasteiger partial charge in [0.15, 0.2) is 5.58 Å². The number of anilines is 1. The van der Waals surface area contributed by atoms with Crippen LogP contribution in [0.25, 0.3) is 11.1 Å². The molecular weight excluding hydrogens is 428 g/mol. The zero-order valence-electron chi connectivity index (χ0n) is 18.4. The van der Waals surface area contributed by atoms with Crippen LogP contribution in [0.4, 0.5) is 11.4 Å². The molecule has 0 bridgehead atoms. The number of morpholine rings is 1. The zero-order chi connectivity index (χ0) is 23.4. The third-order valence-corrected chi connectivity index (χ3v) is 5.81. The highest BCUT2D eigenvalue weighted by Gasteiger charge is 2.18. The molecule has 174 valence electrons. The first-order valence-electron chi connectivity index (χ1n) is 10.9. The van der Waals surface area contributed by atoms with E-state index in [0.29, 0.717) is 31.7 Å². The van der Waals surface area contributed by atoms with Crippen molar-refractivity contribution in [2.45, 2.75) is 25.9 Å². The number of amides is 1. The summed E-state index contributed by atoms with van der Waals surface area (Å²) in [5.41, 5.74) is 2.70. The Morgan fingerprint density at radius 1 is 1.18 bits per heavy atom. The Morgan fingerprint density at radius 3 is 2.70 bits per heavy atom. The SMILES string of the molecule is CN(Cc1ccccc1N1CCOCC1)C(=O)CCCn1c(=O)oc2cc([N+](=O)[O-])ccc21. The molecule has 0 atom stereocenters. The molecule has 0 saturated carbocycles. The molecule has 2 aromatic carbocycles. The molecule has 0 N–H and O–H groups in total.